The monoisotopic (exact) mass is 418 g/mol. The van der Waals surface area contributed by atoms with E-state index < -0.39 is 0 Å². The molecule has 1 amide bonds. The van der Waals surface area contributed by atoms with Gasteiger partial charge in [0.05, 0.1) is 22.8 Å². The summed E-state index contributed by atoms with van der Waals surface area (Å²) in [5, 5.41) is 3.15. The molecule has 5 heteroatoms. The third kappa shape index (κ3) is 3.76. The molecular formula is C27H22N4O. The number of carbonyl (C=O) groups is 1. The van der Waals surface area contributed by atoms with Crippen molar-refractivity contribution in [2.45, 2.75) is 13.0 Å². The van der Waals surface area contributed by atoms with Gasteiger partial charge in [-0.1, -0.05) is 54.6 Å². The summed E-state index contributed by atoms with van der Waals surface area (Å²) >= 11 is 0. The van der Waals surface area contributed by atoms with Crippen LogP contribution in [-0.4, -0.2) is 20.4 Å². The van der Waals surface area contributed by atoms with E-state index in [0.717, 1.165) is 33.8 Å². The van der Waals surface area contributed by atoms with Crippen LogP contribution in [0.1, 0.15) is 33.5 Å². The van der Waals surface area contributed by atoms with Crippen LogP contribution in [0.3, 0.4) is 0 Å². The fraction of sp³-hybridized carbons (Fsp3) is 0.0741. The van der Waals surface area contributed by atoms with Crippen molar-refractivity contribution in [2.24, 2.45) is 0 Å². The number of amides is 1. The van der Waals surface area contributed by atoms with E-state index in [9.17, 15) is 4.79 Å². The zero-order valence-corrected chi connectivity index (χ0v) is 17.6. The van der Waals surface area contributed by atoms with E-state index in [1.807, 2.05) is 104 Å². The van der Waals surface area contributed by atoms with E-state index in [0.29, 0.717) is 5.56 Å². The molecule has 5 rings (SSSR count). The van der Waals surface area contributed by atoms with Crippen molar-refractivity contribution >= 4 is 16.9 Å². The summed E-state index contributed by atoms with van der Waals surface area (Å²) in [6.45, 7) is 1.97. The minimum atomic E-state index is -0.343. The van der Waals surface area contributed by atoms with Crippen molar-refractivity contribution in [1.29, 1.82) is 0 Å². The van der Waals surface area contributed by atoms with E-state index in [-0.39, 0.29) is 11.9 Å². The van der Waals surface area contributed by atoms with Gasteiger partial charge in [0.25, 0.3) is 5.91 Å². The Kier molecular flexibility index (Phi) is 5.22. The molecule has 0 spiro atoms. The van der Waals surface area contributed by atoms with Crippen LogP contribution in [-0.2, 0) is 0 Å². The SMILES string of the molecule is Cc1nc2cc(C(=O)NC(c3ccccc3)c3ccccn3)ccc2n1-c1ccccc1. The molecule has 5 nitrogen and oxygen atoms in total. The Bertz CT molecular complexity index is 1320. The standard InChI is InChI=1S/C27H22N4O/c1-19-29-24-18-21(15-16-25(24)31(19)22-12-6-3-7-13-22)27(32)30-26(20-10-4-2-5-11-20)23-14-8-9-17-28-23/h2-18,26H,1H3,(H,30,32). The number of aryl methyl sites for hydroxylation is 1. The van der Waals surface area contributed by atoms with Gasteiger partial charge in [0.2, 0.25) is 0 Å². The Morgan fingerprint density at radius 3 is 2.31 bits per heavy atom. The zero-order chi connectivity index (χ0) is 21.9. The molecule has 1 atom stereocenters. The molecular weight excluding hydrogens is 396 g/mol. The number of nitrogens with zero attached hydrogens (tertiary/aromatic N) is 3. The maximum Gasteiger partial charge on any atom is 0.252 e. The first-order valence-corrected chi connectivity index (χ1v) is 10.5. The largest absolute Gasteiger partial charge is 0.340 e. The summed E-state index contributed by atoms with van der Waals surface area (Å²) < 4.78 is 2.09. The lowest BCUT2D eigenvalue weighted by Crippen LogP contribution is -2.29. The van der Waals surface area contributed by atoms with E-state index in [2.05, 4.69) is 14.9 Å². The minimum absolute atomic E-state index is 0.168. The van der Waals surface area contributed by atoms with Gasteiger partial charge in [-0.25, -0.2) is 4.98 Å². The number of hydrogen-bond donors (Lipinski definition) is 1. The van der Waals surface area contributed by atoms with E-state index in [1.54, 1.807) is 6.20 Å². The fourth-order valence-electron chi connectivity index (χ4n) is 3.98. The first kappa shape index (κ1) is 19.7. The predicted octanol–water partition coefficient (Wildman–Crippen LogP) is 5.25. The second kappa shape index (κ2) is 8.47. The number of hydrogen-bond acceptors (Lipinski definition) is 3. The second-order valence-electron chi connectivity index (χ2n) is 7.61. The third-order valence-corrected chi connectivity index (χ3v) is 5.49. The molecule has 0 bridgehead atoms. The van der Waals surface area contributed by atoms with E-state index in [1.165, 1.54) is 0 Å². The van der Waals surface area contributed by atoms with Crippen molar-refractivity contribution in [3.63, 3.8) is 0 Å². The number of pyridine rings is 1. The molecule has 0 saturated heterocycles. The normalized spacial score (nSPS) is 11.9. The van der Waals surface area contributed by atoms with Gasteiger partial charge in [-0.15, -0.1) is 0 Å². The Morgan fingerprint density at radius 2 is 1.59 bits per heavy atom. The number of nitrogens with one attached hydrogen (secondary N) is 1. The number of aromatic nitrogens is 3. The van der Waals surface area contributed by atoms with Gasteiger partial charge < -0.3 is 5.32 Å². The maximum atomic E-state index is 13.2. The van der Waals surface area contributed by atoms with E-state index in [4.69, 9.17) is 4.98 Å². The Labute approximate surface area is 186 Å². The van der Waals surface area contributed by atoms with Gasteiger partial charge in [-0.3, -0.25) is 14.3 Å². The highest BCUT2D eigenvalue weighted by Crippen LogP contribution is 2.24. The number of fused-ring (bicyclic) bond motifs is 1. The molecule has 0 aliphatic rings. The fourth-order valence-corrected chi connectivity index (χ4v) is 3.98. The number of carbonyl (C=O) groups excluding carboxylic acids is 1. The summed E-state index contributed by atoms with van der Waals surface area (Å²) in [5.41, 5.74) is 5.13. The number of para-hydroxylation sites is 1. The smallest absolute Gasteiger partial charge is 0.252 e. The number of rotatable bonds is 5. The zero-order valence-electron chi connectivity index (χ0n) is 17.6. The van der Waals surface area contributed by atoms with Crippen LogP contribution in [0.15, 0.2) is 103 Å². The molecule has 2 heterocycles. The van der Waals surface area contributed by atoms with Crippen LogP contribution in [0.2, 0.25) is 0 Å². The Morgan fingerprint density at radius 1 is 0.875 bits per heavy atom. The van der Waals surface area contributed by atoms with Crippen LogP contribution in [0.25, 0.3) is 16.7 Å². The van der Waals surface area contributed by atoms with E-state index >= 15 is 0 Å². The minimum Gasteiger partial charge on any atom is -0.340 e. The summed E-state index contributed by atoms with van der Waals surface area (Å²) in [6.07, 6.45) is 1.74. The molecule has 1 unspecified atom stereocenters. The summed E-state index contributed by atoms with van der Waals surface area (Å²) in [6, 6.07) is 31.0. The summed E-state index contributed by atoms with van der Waals surface area (Å²) in [7, 11) is 0. The van der Waals surface area contributed by atoms with Crippen LogP contribution < -0.4 is 5.32 Å². The highest BCUT2D eigenvalue weighted by molar-refractivity contribution is 5.98. The molecule has 0 aliphatic heterocycles. The lowest BCUT2D eigenvalue weighted by atomic mass is 10.0. The predicted molar refractivity (Wildman–Crippen MR) is 126 cm³/mol. The second-order valence-corrected chi connectivity index (χ2v) is 7.61. The average molecular weight is 419 g/mol. The Balaban J connectivity index is 1.49. The summed E-state index contributed by atoms with van der Waals surface area (Å²) in [4.78, 5) is 22.4. The van der Waals surface area contributed by atoms with Crippen molar-refractivity contribution in [3.8, 4) is 5.69 Å². The van der Waals surface area contributed by atoms with Crippen molar-refractivity contribution in [3.05, 3.63) is 126 Å². The van der Waals surface area contributed by atoms with Gasteiger partial charge in [0, 0.05) is 17.4 Å². The van der Waals surface area contributed by atoms with Crippen LogP contribution in [0.4, 0.5) is 0 Å². The molecule has 0 saturated carbocycles. The first-order valence-electron chi connectivity index (χ1n) is 10.5. The quantitative estimate of drug-likeness (QED) is 0.424. The maximum absolute atomic E-state index is 13.2. The first-order chi connectivity index (χ1) is 15.7. The van der Waals surface area contributed by atoms with Gasteiger partial charge >= 0.3 is 0 Å². The lowest BCUT2D eigenvalue weighted by molar-refractivity contribution is 0.0942. The lowest BCUT2D eigenvalue weighted by Gasteiger charge is -2.19. The van der Waals surface area contributed by atoms with Gasteiger partial charge in [-0.2, -0.15) is 0 Å². The molecule has 0 radical (unpaired) electrons. The highest BCUT2D eigenvalue weighted by Gasteiger charge is 2.20. The average Bonchev–Trinajstić information content (AvgIpc) is 3.19. The third-order valence-electron chi connectivity index (χ3n) is 5.49. The molecule has 32 heavy (non-hydrogen) atoms. The summed E-state index contributed by atoms with van der Waals surface area (Å²) in [5.74, 6) is 0.706. The molecule has 1 N–H and O–H groups in total. The number of imidazole rings is 1. The Hall–Kier alpha value is -4.25. The van der Waals surface area contributed by atoms with Crippen LogP contribution >= 0.6 is 0 Å². The molecule has 2 aromatic heterocycles. The van der Waals surface area contributed by atoms with Gasteiger partial charge in [-0.05, 0) is 55.0 Å². The van der Waals surface area contributed by atoms with Crippen molar-refractivity contribution in [2.75, 3.05) is 0 Å². The highest BCUT2D eigenvalue weighted by atomic mass is 16.1. The van der Waals surface area contributed by atoms with Crippen molar-refractivity contribution in [1.82, 2.24) is 19.9 Å². The molecule has 5 aromatic rings. The molecule has 0 fully saturated rings. The van der Waals surface area contributed by atoms with Gasteiger partial charge in [0.15, 0.2) is 0 Å². The number of benzene rings is 3. The molecule has 0 aliphatic carbocycles. The van der Waals surface area contributed by atoms with Crippen LogP contribution in [0.5, 0.6) is 0 Å². The van der Waals surface area contributed by atoms with Crippen LogP contribution in [0, 0.1) is 6.92 Å². The topological polar surface area (TPSA) is 59.8 Å². The molecule has 156 valence electrons. The van der Waals surface area contributed by atoms with Gasteiger partial charge in [0.1, 0.15) is 5.82 Å². The van der Waals surface area contributed by atoms with Crippen molar-refractivity contribution < 1.29 is 4.79 Å². The molecule has 3 aromatic carbocycles.